The first-order valence-electron chi connectivity index (χ1n) is 11.5. The number of fused-ring (bicyclic) bond motifs is 2. The number of hydrogen-bond donors (Lipinski definition) is 0. The van der Waals surface area contributed by atoms with Gasteiger partial charge >= 0.3 is 0 Å². The van der Waals surface area contributed by atoms with E-state index in [0.717, 1.165) is 51.9 Å². The van der Waals surface area contributed by atoms with Gasteiger partial charge in [-0.3, -0.25) is 9.59 Å². The van der Waals surface area contributed by atoms with Crippen LogP contribution >= 0.6 is 0 Å². The molecule has 7 nitrogen and oxygen atoms in total. The number of ketones is 1. The molecule has 3 aromatic heterocycles. The summed E-state index contributed by atoms with van der Waals surface area (Å²) in [6, 6.07) is 6.31. The molecule has 1 fully saturated rings. The molecule has 0 bridgehead atoms. The van der Waals surface area contributed by atoms with Crippen LogP contribution in [0.1, 0.15) is 48.8 Å². The molecule has 7 heteroatoms. The first-order chi connectivity index (χ1) is 15.7. The van der Waals surface area contributed by atoms with E-state index in [4.69, 9.17) is 0 Å². The van der Waals surface area contributed by atoms with Gasteiger partial charge in [0.25, 0.3) is 0 Å². The Balaban J connectivity index is 1.58. The Labute approximate surface area is 193 Å². The van der Waals surface area contributed by atoms with Gasteiger partial charge in [0, 0.05) is 53.8 Å². The lowest BCUT2D eigenvalue weighted by Crippen LogP contribution is -2.36. The van der Waals surface area contributed by atoms with Crippen molar-refractivity contribution in [3.63, 3.8) is 0 Å². The fourth-order valence-corrected chi connectivity index (χ4v) is 5.26. The van der Waals surface area contributed by atoms with Crippen LogP contribution in [0.25, 0.3) is 27.7 Å². The average molecular weight is 444 g/mol. The number of aryl methyl sites for hydroxylation is 2. The smallest absolute Gasteiger partial charge is 0.242 e. The van der Waals surface area contributed by atoms with E-state index in [2.05, 4.69) is 30.0 Å². The standard InChI is InChI=1S/C26H29N5O2/c1-15-6-18(4)30(11-15)25(33)14-29-13-23(19(5)32)22-9-20(7-16(2)26(22)29)21-10-27-24-8-17(3)28-31(24)12-21/h7-10,12-13,15,18H,6,11,14H2,1-5H3. The van der Waals surface area contributed by atoms with Gasteiger partial charge in [0.15, 0.2) is 11.4 Å². The predicted molar refractivity (Wildman–Crippen MR) is 128 cm³/mol. The molecule has 4 heterocycles. The fourth-order valence-electron chi connectivity index (χ4n) is 5.26. The van der Waals surface area contributed by atoms with Crippen molar-refractivity contribution in [1.29, 1.82) is 0 Å². The second kappa shape index (κ2) is 7.83. The number of likely N-dealkylation sites (tertiary alicyclic amines) is 1. The molecule has 4 aromatic rings. The molecular formula is C26H29N5O2. The highest BCUT2D eigenvalue weighted by Gasteiger charge is 2.30. The molecule has 170 valence electrons. The Bertz CT molecular complexity index is 1410. The lowest BCUT2D eigenvalue weighted by Gasteiger charge is -2.22. The summed E-state index contributed by atoms with van der Waals surface area (Å²) in [7, 11) is 0. The van der Waals surface area contributed by atoms with Crippen molar-refractivity contribution in [3.05, 3.63) is 53.6 Å². The van der Waals surface area contributed by atoms with E-state index in [1.54, 1.807) is 11.4 Å². The molecular weight excluding hydrogens is 414 g/mol. The molecule has 1 aromatic carbocycles. The molecule has 0 radical (unpaired) electrons. The second-order valence-corrected chi connectivity index (χ2v) is 9.58. The van der Waals surface area contributed by atoms with Crippen LogP contribution in [0.15, 0.2) is 36.8 Å². The molecule has 2 unspecified atom stereocenters. The largest absolute Gasteiger partial charge is 0.338 e. The number of aromatic nitrogens is 4. The normalized spacial score (nSPS) is 18.5. The lowest BCUT2D eigenvalue weighted by molar-refractivity contribution is -0.132. The minimum absolute atomic E-state index is 0.0119. The van der Waals surface area contributed by atoms with Crippen molar-refractivity contribution in [3.8, 4) is 11.1 Å². The number of rotatable bonds is 4. The zero-order valence-corrected chi connectivity index (χ0v) is 19.8. The van der Waals surface area contributed by atoms with Gasteiger partial charge < -0.3 is 9.47 Å². The van der Waals surface area contributed by atoms with Crippen LogP contribution in [0, 0.1) is 19.8 Å². The average Bonchev–Trinajstić information content (AvgIpc) is 3.41. The van der Waals surface area contributed by atoms with Crippen molar-refractivity contribution in [2.45, 2.75) is 53.6 Å². The van der Waals surface area contributed by atoms with E-state index < -0.39 is 0 Å². The first-order valence-corrected chi connectivity index (χ1v) is 11.5. The summed E-state index contributed by atoms with van der Waals surface area (Å²) in [4.78, 5) is 32.1. The highest BCUT2D eigenvalue weighted by molar-refractivity contribution is 6.09. The van der Waals surface area contributed by atoms with Crippen LogP contribution in [0.2, 0.25) is 0 Å². The molecule has 0 spiro atoms. The number of Topliss-reactive ketones (excluding diaryl/α,β-unsaturated/α-hetero) is 1. The maximum Gasteiger partial charge on any atom is 0.242 e. The third kappa shape index (κ3) is 3.71. The van der Waals surface area contributed by atoms with E-state index in [9.17, 15) is 9.59 Å². The number of carbonyl (C=O) groups excluding carboxylic acids is 2. The molecule has 0 aliphatic carbocycles. The topological polar surface area (TPSA) is 72.5 Å². The van der Waals surface area contributed by atoms with Gasteiger partial charge in [0.05, 0.1) is 11.2 Å². The molecule has 33 heavy (non-hydrogen) atoms. The van der Waals surface area contributed by atoms with Crippen LogP contribution < -0.4 is 0 Å². The molecule has 0 saturated carbocycles. The Kier molecular flexibility index (Phi) is 5.07. The minimum atomic E-state index is -0.0119. The molecule has 2 atom stereocenters. The van der Waals surface area contributed by atoms with Gasteiger partial charge in [-0.25, -0.2) is 9.50 Å². The molecule has 1 saturated heterocycles. The fraction of sp³-hybridized carbons (Fsp3) is 0.385. The third-order valence-corrected chi connectivity index (χ3v) is 6.72. The quantitative estimate of drug-likeness (QED) is 0.438. The highest BCUT2D eigenvalue weighted by atomic mass is 16.2. The van der Waals surface area contributed by atoms with Crippen molar-refractivity contribution in [2.75, 3.05) is 6.54 Å². The van der Waals surface area contributed by atoms with Gasteiger partial charge in [-0.05, 0) is 63.3 Å². The predicted octanol–water partition coefficient (Wildman–Crippen LogP) is 4.43. The second-order valence-electron chi connectivity index (χ2n) is 9.58. The maximum atomic E-state index is 13.1. The SMILES string of the molecule is CC(=O)c1cn(CC(=O)N2CC(C)CC2C)c2c(C)cc(-c3cnc4cc(C)nn4c3)cc12. The van der Waals surface area contributed by atoms with Crippen LogP contribution in [0.3, 0.4) is 0 Å². The summed E-state index contributed by atoms with van der Waals surface area (Å²) in [5.74, 6) is 0.611. The van der Waals surface area contributed by atoms with E-state index in [0.29, 0.717) is 11.5 Å². The summed E-state index contributed by atoms with van der Waals surface area (Å²) in [6.45, 7) is 10.9. The Morgan fingerprint density at radius 3 is 2.58 bits per heavy atom. The summed E-state index contributed by atoms with van der Waals surface area (Å²) in [5, 5.41) is 5.34. The van der Waals surface area contributed by atoms with Crippen molar-refractivity contribution in [1.82, 2.24) is 24.1 Å². The van der Waals surface area contributed by atoms with Gasteiger partial charge in [0.2, 0.25) is 5.91 Å². The number of nitrogens with zero attached hydrogens (tertiary/aromatic N) is 5. The lowest BCUT2D eigenvalue weighted by atomic mass is 10.0. The van der Waals surface area contributed by atoms with Crippen LogP contribution in [0.4, 0.5) is 0 Å². The first kappa shape index (κ1) is 21.4. The Hall–Kier alpha value is -3.48. The summed E-state index contributed by atoms with van der Waals surface area (Å²) in [5.41, 5.74) is 6.19. The molecule has 1 amide bonds. The number of benzene rings is 1. The zero-order valence-electron chi connectivity index (χ0n) is 19.8. The van der Waals surface area contributed by atoms with Gasteiger partial charge in [-0.2, -0.15) is 5.10 Å². The van der Waals surface area contributed by atoms with E-state index >= 15 is 0 Å². The summed E-state index contributed by atoms with van der Waals surface area (Å²) >= 11 is 0. The minimum Gasteiger partial charge on any atom is -0.338 e. The Morgan fingerprint density at radius 2 is 1.88 bits per heavy atom. The number of hydrogen-bond acceptors (Lipinski definition) is 4. The van der Waals surface area contributed by atoms with Crippen molar-refractivity contribution in [2.24, 2.45) is 5.92 Å². The maximum absolute atomic E-state index is 13.1. The van der Waals surface area contributed by atoms with Gasteiger partial charge in [0.1, 0.15) is 6.54 Å². The van der Waals surface area contributed by atoms with Gasteiger partial charge in [-0.15, -0.1) is 0 Å². The van der Waals surface area contributed by atoms with E-state index in [1.807, 2.05) is 54.0 Å². The van der Waals surface area contributed by atoms with Gasteiger partial charge in [-0.1, -0.05) is 6.92 Å². The monoisotopic (exact) mass is 443 g/mol. The van der Waals surface area contributed by atoms with Crippen LogP contribution in [0.5, 0.6) is 0 Å². The summed E-state index contributed by atoms with van der Waals surface area (Å²) < 4.78 is 3.72. The summed E-state index contributed by atoms with van der Waals surface area (Å²) in [6.07, 6.45) is 6.67. The molecule has 1 aliphatic heterocycles. The molecule has 0 N–H and O–H groups in total. The van der Waals surface area contributed by atoms with E-state index in [1.165, 1.54) is 0 Å². The van der Waals surface area contributed by atoms with Crippen LogP contribution in [-0.2, 0) is 11.3 Å². The van der Waals surface area contributed by atoms with Crippen LogP contribution in [-0.4, -0.2) is 48.3 Å². The van der Waals surface area contributed by atoms with Crippen molar-refractivity contribution >= 4 is 28.2 Å². The number of amides is 1. The molecule has 1 aliphatic rings. The Morgan fingerprint density at radius 1 is 1.09 bits per heavy atom. The highest BCUT2D eigenvalue weighted by Crippen LogP contribution is 2.32. The zero-order chi connectivity index (χ0) is 23.4. The third-order valence-electron chi connectivity index (χ3n) is 6.72. The van der Waals surface area contributed by atoms with E-state index in [-0.39, 0.29) is 24.3 Å². The number of carbonyl (C=O) groups is 2. The van der Waals surface area contributed by atoms with Crippen molar-refractivity contribution < 1.29 is 9.59 Å². The molecule has 5 rings (SSSR count).